The molecular weight excluding hydrogens is 139 g/mol. The summed E-state index contributed by atoms with van der Waals surface area (Å²) in [6.07, 6.45) is 0. The van der Waals surface area contributed by atoms with Gasteiger partial charge in [-0.3, -0.25) is 0 Å². The number of aryl methyl sites for hydroxylation is 1. The molecule has 1 heteroatoms. The summed E-state index contributed by atoms with van der Waals surface area (Å²) in [6, 6.07) is 4.94. The Morgan fingerprint density at radius 1 is 1.27 bits per heavy atom. The molecule has 0 unspecified atom stereocenters. The number of halogens is 1. The first-order valence-electron chi connectivity index (χ1n) is 3.87. The van der Waals surface area contributed by atoms with Gasteiger partial charge in [0.15, 0.2) is 0 Å². The third kappa shape index (κ3) is 1.79. The van der Waals surface area contributed by atoms with Gasteiger partial charge in [0.05, 0.1) is 0 Å². The SMILES string of the molecule is Cc1ccc(F)cc1C(C)C. The average molecular weight is 152 g/mol. The van der Waals surface area contributed by atoms with Crippen LogP contribution in [0.1, 0.15) is 30.9 Å². The Morgan fingerprint density at radius 3 is 2.36 bits per heavy atom. The Bertz CT molecular complexity index is 251. The maximum atomic E-state index is 12.7. The van der Waals surface area contributed by atoms with Crippen LogP contribution in [0.4, 0.5) is 4.39 Å². The monoisotopic (exact) mass is 152 g/mol. The van der Waals surface area contributed by atoms with Crippen LogP contribution in [0.15, 0.2) is 18.2 Å². The van der Waals surface area contributed by atoms with E-state index in [1.54, 1.807) is 6.07 Å². The van der Waals surface area contributed by atoms with Crippen LogP contribution in [0.3, 0.4) is 0 Å². The predicted octanol–water partition coefficient (Wildman–Crippen LogP) is 3.26. The van der Waals surface area contributed by atoms with Crippen molar-refractivity contribution in [2.45, 2.75) is 26.7 Å². The fourth-order valence-electron chi connectivity index (χ4n) is 1.23. The maximum Gasteiger partial charge on any atom is 0.123 e. The first kappa shape index (κ1) is 8.25. The van der Waals surface area contributed by atoms with Crippen molar-refractivity contribution in [1.29, 1.82) is 0 Å². The second-order valence-electron chi connectivity index (χ2n) is 3.16. The molecule has 0 atom stereocenters. The van der Waals surface area contributed by atoms with Crippen LogP contribution in [-0.4, -0.2) is 0 Å². The second kappa shape index (κ2) is 3.04. The number of hydrogen-bond acceptors (Lipinski definition) is 0. The topological polar surface area (TPSA) is 0 Å². The molecule has 0 bridgehead atoms. The predicted molar refractivity (Wildman–Crippen MR) is 45.2 cm³/mol. The van der Waals surface area contributed by atoms with E-state index in [2.05, 4.69) is 13.8 Å². The first-order valence-corrected chi connectivity index (χ1v) is 3.87. The molecule has 0 aromatic heterocycles. The van der Waals surface area contributed by atoms with Crippen LogP contribution in [0.2, 0.25) is 0 Å². The van der Waals surface area contributed by atoms with E-state index in [0.717, 1.165) is 5.56 Å². The largest absolute Gasteiger partial charge is 0.207 e. The lowest BCUT2D eigenvalue weighted by Gasteiger charge is -2.08. The molecule has 0 saturated heterocycles. The summed E-state index contributed by atoms with van der Waals surface area (Å²) in [4.78, 5) is 0. The van der Waals surface area contributed by atoms with Gasteiger partial charge < -0.3 is 0 Å². The Morgan fingerprint density at radius 2 is 1.91 bits per heavy atom. The average Bonchev–Trinajstić information content (AvgIpc) is 1.94. The third-order valence-electron chi connectivity index (χ3n) is 1.86. The molecule has 0 aliphatic heterocycles. The van der Waals surface area contributed by atoms with Crippen molar-refractivity contribution >= 4 is 0 Å². The van der Waals surface area contributed by atoms with Crippen LogP contribution in [0.5, 0.6) is 0 Å². The molecule has 11 heavy (non-hydrogen) atoms. The molecule has 0 nitrogen and oxygen atoms in total. The smallest absolute Gasteiger partial charge is 0.123 e. The van der Waals surface area contributed by atoms with E-state index in [0.29, 0.717) is 5.92 Å². The number of hydrogen-bond donors (Lipinski definition) is 0. The molecule has 0 N–H and O–H groups in total. The molecule has 1 aromatic carbocycles. The normalized spacial score (nSPS) is 10.6. The zero-order valence-corrected chi connectivity index (χ0v) is 7.19. The summed E-state index contributed by atoms with van der Waals surface area (Å²) in [6.45, 7) is 6.15. The standard InChI is InChI=1S/C10H13F/c1-7(2)10-6-9(11)5-4-8(10)3/h4-7H,1-3H3. The number of rotatable bonds is 1. The molecular formula is C10H13F. The van der Waals surface area contributed by atoms with E-state index in [9.17, 15) is 4.39 Å². The van der Waals surface area contributed by atoms with Gasteiger partial charge in [0.25, 0.3) is 0 Å². The lowest BCUT2D eigenvalue weighted by Crippen LogP contribution is -1.92. The van der Waals surface area contributed by atoms with Gasteiger partial charge in [-0.25, -0.2) is 4.39 Å². The summed E-state index contributed by atoms with van der Waals surface area (Å²) < 4.78 is 12.7. The Labute approximate surface area is 67.1 Å². The van der Waals surface area contributed by atoms with Crippen LogP contribution in [0.25, 0.3) is 0 Å². The summed E-state index contributed by atoms with van der Waals surface area (Å²) >= 11 is 0. The first-order chi connectivity index (χ1) is 5.11. The van der Waals surface area contributed by atoms with Crippen LogP contribution >= 0.6 is 0 Å². The lowest BCUT2D eigenvalue weighted by molar-refractivity contribution is 0.622. The lowest BCUT2D eigenvalue weighted by atomic mass is 9.98. The van der Waals surface area contributed by atoms with Gasteiger partial charge in [-0.2, -0.15) is 0 Å². The van der Waals surface area contributed by atoms with Crippen molar-refractivity contribution < 1.29 is 4.39 Å². The van der Waals surface area contributed by atoms with Gasteiger partial charge >= 0.3 is 0 Å². The molecule has 0 fully saturated rings. The van der Waals surface area contributed by atoms with E-state index in [4.69, 9.17) is 0 Å². The van der Waals surface area contributed by atoms with Crippen molar-refractivity contribution in [1.82, 2.24) is 0 Å². The highest BCUT2D eigenvalue weighted by atomic mass is 19.1. The van der Waals surface area contributed by atoms with Crippen LogP contribution in [0, 0.1) is 12.7 Å². The van der Waals surface area contributed by atoms with Gasteiger partial charge in [-0.1, -0.05) is 19.9 Å². The van der Waals surface area contributed by atoms with E-state index in [1.165, 1.54) is 11.6 Å². The second-order valence-corrected chi connectivity index (χ2v) is 3.16. The molecule has 60 valence electrons. The summed E-state index contributed by atoms with van der Waals surface area (Å²) in [5.41, 5.74) is 2.27. The van der Waals surface area contributed by atoms with Gasteiger partial charge in [0, 0.05) is 0 Å². The molecule has 0 aliphatic rings. The molecule has 0 heterocycles. The highest BCUT2D eigenvalue weighted by Crippen LogP contribution is 2.19. The minimum Gasteiger partial charge on any atom is -0.207 e. The summed E-state index contributed by atoms with van der Waals surface area (Å²) in [7, 11) is 0. The maximum absolute atomic E-state index is 12.7. The van der Waals surface area contributed by atoms with Gasteiger partial charge in [0.1, 0.15) is 5.82 Å². The van der Waals surface area contributed by atoms with Crippen molar-refractivity contribution in [2.24, 2.45) is 0 Å². The molecule has 0 spiro atoms. The summed E-state index contributed by atoms with van der Waals surface area (Å²) in [5, 5.41) is 0. The highest BCUT2D eigenvalue weighted by Gasteiger charge is 2.03. The molecule has 0 radical (unpaired) electrons. The van der Waals surface area contributed by atoms with Crippen molar-refractivity contribution in [3.8, 4) is 0 Å². The Hall–Kier alpha value is -0.850. The molecule has 1 rings (SSSR count). The Balaban J connectivity index is 3.13. The quantitative estimate of drug-likeness (QED) is 0.579. The fraction of sp³-hybridized carbons (Fsp3) is 0.400. The third-order valence-corrected chi connectivity index (χ3v) is 1.86. The zero-order chi connectivity index (χ0) is 8.43. The Kier molecular flexibility index (Phi) is 2.28. The molecule has 0 saturated carbocycles. The minimum absolute atomic E-state index is 0.140. The van der Waals surface area contributed by atoms with E-state index in [1.807, 2.05) is 13.0 Å². The molecule has 0 aliphatic carbocycles. The van der Waals surface area contributed by atoms with E-state index < -0.39 is 0 Å². The summed E-state index contributed by atoms with van der Waals surface area (Å²) in [5.74, 6) is 0.269. The minimum atomic E-state index is -0.140. The van der Waals surface area contributed by atoms with E-state index in [-0.39, 0.29) is 5.82 Å². The van der Waals surface area contributed by atoms with Crippen LogP contribution < -0.4 is 0 Å². The number of benzene rings is 1. The van der Waals surface area contributed by atoms with Crippen molar-refractivity contribution in [3.05, 3.63) is 35.1 Å². The zero-order valence-electron chi connectivity index (χ0n) is 7.19. The molecule has 0 amide bonds. The van der Waals surface area contributed by atoms with Gasteiger partial charge in [-0.15, -0.1) is 0 Å². The van der Waals surface area contributed by atoms with Crippen LogP contribution in [-0.2, 0) is 0 Å². The van der Waals surface area contributed by atoms with E-state index >= 15 is 0 Å². The highest BCUT2D eigenvalue weighted by molar-refractivity contribution is 5.28. The van der Waals surface area contributed by atoms with Gasteiger partial charge in [-0.05, 0) is 36.1 Å². The fourth-order valence-corrected chi connectivity index (χ4v) is 1.23. The van der Waals surface area contributed by atoms with Crippen molar-refractivity contribution in [3.63, 3.8) is 0 Å². The van der Waals surface area contributed by atoms with Gasteiger partial charge in [0.2, 0.25) is 0 Å². The van der Waals surface area contributed by atoms with Crippen molar-refractivity contribution in [2.75, 3.05) is 0 Å². The molecule has 1 aromatic rings.